The Balaban J connectivity index is 1.41. The molecule has 0 spiro atoms. The van der Waals surface area contributed by atoms with Gasteiger partial charge in [-0.3, -0.25) is 19.7 Å². The Hall–Kier alpha value is -2.93. The van der Waals surface area contributed by atoms with E-state index in [4.69, 9.17) is 4.52 Å². The lowest BCUT2D eigenvalue weighted by atomic mass is 9.90. The van der Waals surface area contributed by atoms with Gasteiger partial charge in [0.15, 0.2) is 5.78 Å². The summed E-state index contributed by atoms with van der Waals surface area (Å²) in [5.41, 5.74) is 1.36. The third-order valence-corrected chi connectivity index (χ3v) is 4.54. The van der Waals surface area contributed by atoms with Gasteiger partial charge in [-0.1, -0.05) is 11.2 Å². The Morgan fingerprint density at radius 2 is 2.19 bits per heavy atom. The van der Waals surface area contributed by atoms with Gasteiger partial charge in [0.05, 0.1) is 6.54 Å². The minimum atomic E-state index is -0.0221. The number of hydrogen-bond acceptors (Lipinski definition) is 7. The highest BCUT2D eigenvalue weighted by molar-refractivity contribution is 5.97. The summed E-state index contributed by atoms with van der Waals surface area (Å²) in [7, 11) is 0. The number of Topliss-reactive ketones (excluding diaryl/α,β-unsaturated/α-hetero) is 1. The van der Waals surface area contributed by atoms with E-state index < -0.39 is 0 Å². The zero-order valence-electron chi connectivity index (χ0n) is 14.3. The average Bonchev–Trinajstić information content (AvgIpc) is 3.17. The molecule has 0 N–H and O–H groups in total. The fourth-order valence-corrected chi connectivity index (χ4v) is 3.27. The Morgan fingerprint density at radius 1 is 1.23 bits per heavy atom. The monoisotopic (exact) mass is 349 g/mol. The van der Waals surface area contributed by atoms with E-state index in [-0.39, 0.29) is 11.7 Å². The molecule has 26 heavy (non-hydrogen) atoms. The molecule has 3 aromatic rings. The van der Waals surface area contributed by atoms with Crippen LogP contribution in [-0.4, -0.2) is 43.9 Å². The van der Waals surface area contributed by atoms with Gasteiger partial charge in [-0.25, -0.2) is 0 Å². The number of carbonyl (C=O) groups excluding carboxylic acids is 1. The molecule has 0 radical (unpaired) electrons. The van der Waals surface area contributed by atoms with Crippen LogP contribution >= 0.6 is 0 Å². The van der Waals surface area contributed by atoms with Crippen LogP contribution < -0.4 is 0 Å². The summed E-state index contributed by atoms with van der Waals surface area (Å²) >= 11 is 0. The Labute approximate surface area is 151 Å². The second-order valence-electron chi connectivity index (χ2n) is 6.41. The molecule has 1 fully saturated rings. The number of likely N-dealkylation sites (tertiary alicyclic amines) is 1. The van der Waals surface area contributed by atoms with E-state index in [0.717, 1.165) is 19.4 Å². The van der Waals surface area contributed by atoms with Crippen molar-refractivity contribution in [3.8, 4) is 11.5 Å². The highest BCUT2D eigenvalue weighted by Gasteiger charge is 2.27. The fourth-order valence-electron chi connectivity index (χ4n) is 3.27. The number of hydrogen-bond donors (Lipinski definition) is 0. The Bertz CT molecular complexity index is 866. The van der Waals surface area contributed by atoms with E-state index in [1.165, 1.54) is 0 Å². The molecule has 7 heteroatoms. The van der Waals surface area contributed by atoms with Gasteiger partial charge in [0.1, 0.15) is 5.69 Å². The van der Waals surface area contributed by atoms with E-state index in [0.29, 0.717) is 36.1 Å². The van der Waals surface area contributed by atoms with Gasteiger partial charge in [-0.05, 0) is 43.7 Å². The molecule has 0 bridgehead atoms. The van der Waals surface area contributed by atoms with Gasteiger partial charge in [0.2, 0.25) is 11.7 Å². The van der Waals surface area contributed by atoms with Crippen molar-refractivity contribution in [1.29, 1.82) is 0 Å². The van der Waals surface area contributed by atoms with E-state index in [1.807, 2.05) is 24.3 Å². The Morgan fingerprint density at radius 3 is 3.00 bits per heavy atom. The minimum absolute atomic E-state index is 0.0221. The second-order valence-corrected chi connectivity index (χ2v) is 6.41. The van der Waals surface area contributed by atoms with Crippen molar-refractivity contribution < 1.29 is 9.32 Å². The fraction of sp³-hybridized carbons (Fsp3) is 0.316. The topological polar surface area (TPSA) is 85.0 Å². The maximum Gasteiger partial charge on any atom is 0.241 e. The summed E-state index contributed by atoms with van der Waals surface area (Å²) in [6.07, 6.45) is 6.88. The molecule has 1 saturated heterocycles. The van der Waals surface area contributed by atoms with Gasteiger partial charge < -0.3 is 4.52 Å². The molecule has 132 valence electrons. The van der Waals surface area contributed by atoms with Crippen LogP contribution in [0, 0.1) is 5.92 Å². The van der Waals surface area contributed by atoms with Crippen molar-refractivity contribution in [2.75, 3.05) is 13.1 Å². The number of pyridine rings is 2. The average molecular weight is 349 g/mol. The molecule has 0 aromatic carbocycles. The molecule has 0 unspecified atom stereocenters. The van der Waals surface area contributed by atoms with Gasteiger partial charge in [-0.2, -0.15) is 4.98 Å². The Kier molecular flexibility index (Phi) is 4.79. The number of rotatable bonds is 5. The molecule has 1 atom stereocenters. The predicted molar refractivity (Wildman–Crippen MR) is 94.1 cm³/mol. The van der Waals surface area contributed by atoms with Gasteiger partial charge in [-0.15, -0.1) is 0 Å². The molecule has 1 aliphatic heterocycles. The lowest BCUT2D eigenvalue weighted by molar-refractivity contribution is 0.0796. The molecule has 0 amide bonds. The molecule has 0 aliphatic carbocycles. The normalized spacial score (nSPS) is 17.9. The lowest BCUT2D eigenvalue weighted by Crippen LogP contribution is -2.38. The van der Waals surface area contributed by atoms with Gasteiger partial charge >= 0.3 is 0 Å². The van der Waals surface area contributed by atoms with E-state index in [9.17, 15) is 4.79 Å². The zero-order valence-corrected chi connectivity index (χ0v) is 14.3. The van der Waals surface area contributed by atoms with Crippen LogP contribution in [-0.2, 0) is 6.54 Å². The summed E-state index contributed by atoms with van der Waals surface area (Å²) in [6, 6.07) is 9.20. The standard InChI is InChI=1S/C19H19N5O2/c25-18(14-5-3-8-20-11-14)15-6-4-10-24(12-15)13-17-22-19(23-26-17)16-7-1-2-9-21-16/h1-3,5,7-9,11,15H,4,6,10,12-13H2/t15-/m1/s1. The van der Waals surface area contributed by atoms with Crippen molar-refractivity contribution >= 4 is 5.78 Å². The number of piperidine rings is 1. The maximum absolute atomic E-state index is 12.7. The third kappa shape index (κ3) is 3.67. The van der Waals surface area contributed by atoms with Gasteiger partial charge in [0, 0.05) is 36.6 Å². The number of carbonyl (C=O) groups is 1. The molecule has 7 nitrogen and oxygen atoms in total. The highest BCUT2D eigenvalue weighted by Crippen LogP contribution is 2.22. The van der Waals surface area contributed by atoms with Gasteiger partial charge in [0.25, 0.3) is 0 Å². The first-order valence-corrected chi connectivity index (χ1v) is 8.70. The van der Waals surface area contributed by atoms with Crippen LogP contribution in [0.25, 0.3) is 11.5 Å². The first-order valence-electron chi connectivity index (χ1n) is 8.70. The van der Waals surface area contributed by atoms with Crippen molar-refractivity contribution in [2.45, 2.75) is 19.4 Å². The first kappa shape index (κ1) is 16.5. The SMILES string of the molecule is O=C(c1cccnc1)[C@@H]1CCCN(Cc2nc(-c3ccccn3)no2)C1. The van der Waals surface area contributed by atoms with Crippen LogP contribution in [0.2, 0.25) is 0 Å². The van der Waals surface area contributed by atoms with Crippen molar-refractivity contribution in [2.24, 2.45) is 5.92 Å². The highest BCUT2D eigenvalue weighted by atomic mass is 16.5. The molecule has 3 aromatic heterocycles. The summed E-state index contributed by atoms with van der Waals surface area (Å²) < 4.78 is 5.36. The van der Waals surface area contributed by atoms with Crippen LogP contribution in [0.1, 0.15) is 29.1 Å². The molecule has 0 saturated carbocycles. The summed E-state index contributed by atoms with van der Waals surface area (Å²) in [6.45, 7) is 2.14. The van der Waals surface area contributed by atoms with Crippen LogP contribution in [0.4, 0.5) is 0 Å². The maximum atomic E-state index is 12.7. The third-order valence-electron chi connectivity index (χ3n) is 4.54. The quantitative estimate of drug-likeness (QED) is 0.655. The molecular weight excluding hydrogens is 330 g/mol. The summed E-state index contributed by atoms with van der Waals surface area (Å²) in [4.78, 5) is 27.6. The zero-order chi connectivity index (χ0) is 17.8. The van der Waals surface area contributed by atoms with Crippen molar-refractivity contribution in [1.82, 2.24) is 25.0 Å². The minimum Gasteiger partial charge on any atom is -0.337 e. The van der Waals surface area contributed by atoms with E-state index in [1.54, 1.807) is 24.7 Å². The first-order chi connectivity index (χ1) is 12.8. The summed E-state index contributed by atoms with van der Waals surface area (Å²) in [5.74, 6) is 1.16. The molecule has 4 heterocycles. The van der Waals surface area contributed by atoms with Crippen LogP contribution in [0.15, 0.2) is 53.4 Å². The van der Waals surface area contributed by atoms with Crippen LogP contribution in [0.5, 0.6) is 0 Å². The van der Waals surface area contributed by atoms with Crippen molar-refractivity contribution in [3.63, 3.8) is 0 Å². The number of nitrogens with zero attached hydrogens (tertiary/aromatic N) is 5. The smallest absolute Gasteiger partial charge is 0.241 e. The molecule has 4 rings (SSSR count). The summed E-state index contributed by atoms with van der Waals surface area (Å²) in [5, 5.41) is 4.00. The van der Waals surface area contributed by atoms with E-state index >= 15 is 0 Å². The van der Waals surface area contributed by atoms with Crippen molar-refractivity contribution in [3.05, 3.63) is 60.4 Å². The molecule has 1 aliphatic rings. The largest absolute Gasteiger partial charge is 0.337 e. The molecular formula is C19H19N5O2. The number of aromatic nitrogens is 4. The van der Waals surface area contributed by atoms with E-state index in [2.05, 4.69) is 25.0 Å². The second kappa shape index (κ2) is 7.53. The van der Waals surface area contributed by atoms with Crippen LogP contribution in [0.3, 0.4) is 0 Å². The lowest BCUT2D eigenvalue weighted by Gasteiger charge is -2.30. The number of ketones is 1. The predicted octanol–water partition coefficient (Wildman–Crippen LogP) is 2.62.